The quantitative estimate of drug-likeness (QED) is 0.476. The molecule has 0 amide bonds. The fraction of sp³-hybridized carbons (Fsp3) is 0.607. The van der Waals surface area contributed by atoms with Crippen LogP contribution in [0.1, 0.15) is 76.7 Å². The summed E-state index contributed by atoms with van der Waals surface area (Å²) < 4.78 is 32.0. The number of hydrogen-bond donors (Lipinski definition) is 0. The monoisotopic (exact) mass is 423 g/mol. The number of fused-ring (bicyclic) bond motifs is 1. The second-order valence-electron chi connectivity index (χ2n) is 10.0. The Kier molecular flexibility index (Phi) is 6.65. The van der Waals surface area contributed by atoms with Crippen molar-refractivity contribution in [2.45, 2.75) is 83.0 Å². The summed E-state index contributed by atoms with van der Waals surface area (Å²) >= 11 is 0. The van der Waals surface area contributed by atoms with Gasteiger partial charge >= 0.3 is 0 Å². The van der Waals surface area contributed by atoms with Crippen LogP contribution in [0.4, 0.5) is 8.78 Å². The van der Waals surface area contributed by atoms with E-state index in [9.17, 15) is 5.26 Å². The van der Waals surface area contributed by atoms with E-state index in [4.69, 9.17) is 0 Å². The standard InChI is InChI=1S/C28H35F2N/c1-3-9-20-11-5-7-15-24(20)28(2,30)25-16-17-26(29)23(18-31)27(25)22-14-8-12-19-10-4-6-13-21(19)22/h4,6,8,10,12-14,20,23-27H,3,5,7,9,11,15-17H2,1-2H3. The van der Waals surface area contributed by atoms with Gasteiger partial charge in [-0.25, -0.2) is 8.78 Å². The number of nitriles is 1. The third-order valence-electron chi connectivity index (χ3n) is 8.31. The third kappa shape index (κ3) is 4.11. The highest BCUT2D eigenvalue weighted by Crippen LogP contribution is 2.55. The zero-order chi connectivity index (χ0) is 22.0. The summed E-state index contributed by atoms with van der Waals surface area (Å²) in [4.78, 5) is 0. The van der Waals surface area contributed by atoms with Gasteiger partial charge < -0.3 is 0 Å². The van der Waals surface area contributed by atoms with Crippen molar-refractivity contribution in [3.05, 3.63) is 48.0 Å². The van der Waals surface area contributed by atoms with Gasteiger partial charge in [0, 0.05) is 11.8 Å². The number of halogens is 2. The molecule has 2 saturated carbocycles. The van der Waals surface area contributed by atoms with Crippen LogP contribution in [-0.4, -0.2) is 11.8 Å². The molecule has 0 N–H and O–H groups in total. The van der Waals surface area contributed by atoms with Gasteiger partial charge in [0.1, 0.15) is 11.8 Å². The van der Waals surface area contributed by atoms with Crippen molar-refractivity contribution in [1.29, 1.82) is 5.26 Å². The Labute approximate surface area is 185 Å². The second kappa shape index (κ2) is 9.27. The zero-order valence-corrected chi connectivity index (χ0v) is 18.9. The van der Waals surface area contributed by atoms with E-state index >= 15 is 8.78 Å². The van der Waals surface area contributed by atoms with Gasteiger partial charge in [0.2, 0.25) is 0 Å². The van der Waals surface area contributed by atoms with Gasteiger partial charge in [-0.2, -0.15) is 5.26 Å². The Morgan fingerprint density at radius 3 is 2.52 bits per heavy atom. The number of hydrogen-bond acceptors (Lipinski definition) is 1. The molecule has 7 unspecified atom stereocenters. The molecule has 3 heteroatoms. The van der Waals surface area contributed by atoms with E-state index in [2.05, 4.69) is 13.0 Å². The molecule has 0 aliphatic heterocycles. The van der Waals surface area contributed by atoms with Crippen LogP contribution in [0.2, 0.25) is 0 Å². The maximum atomic E-state index is 17.0. The molecule has 2 aliphatic rings. The molecule has 0 bridgehead atoms. The summed E-state index contributed by atoms with van der Waals surface area (Å²) in [6.07, 6.45) is 5.99. The maximum absolute atomic E-state index is 17.0. The second-order valence-corrected chi connectivity index (χ2v) is 10.0. The predicted molar refractivity (Wildman–Crippen MR) is 123 cm³/mol. The Morgan fingerprint density at radius 1 is 1.00 bits per heavy atom. The molecular formula is C28H35F2N. The average Bonchev–Trinajstić information content (AvgIpc) is 2.79. The smallest absolute Gasteiger partial charge is 0.116 e. The van der Waals surface area contributed by atoms with E-state index in [0.717, 1.165) is 48.4 Å². The lowest BCUT2D eigenvalue weighted by Crippen LogP contribution is -2.49. The molecule has 0 aromatic heterocycles. The molecule has 2 aromatic rings. The minimum absolute atomic E-state index is 0.000759. The molecule has 0 spiro atoms. The highest BCUT2D eigenvalue weighted by molar-refractivity contribution is 5.86. The Bertz CT molecular complexity index is 923. The first-order valence-electron chi connectivity index (χ1n) is 12.2. The van der Waals surface area contributed by atoms with Crippen LogP contribution >= 0.6 is 0 Å². The molecule has 0 saturated heterocycles. The molecule has 0 radical (unpaired) electrons. The third-order valence-corrected chi connectivity index (χ3v) is 8.31. The highest BCUT2D eigenvalue weighted by atomic mass is 19.1. The number of benzene rings is 2. The van der Waals surface area contributed by atoms with Crippen LogP contribution in [0.5, 0.6) is 0 Å². The summed E-state index contributed by atoms with van der Waals surface area (Å²) in [6.45, 7) is 3.96. The first-order chi connectivity index (χ1) is 15.0. The van der Waals surface area contributed by atoms with Gasteiger partial charge in [-0.05, 0) is 54.4 Å². The lowest BCUT2D eigenvalue weighted by atomic mass is 9.57. The maximum Gasteiger partial charge on any atom is 0.116 e. The zero-order valence-electron chi connectivity index (χ0n) is 18.9. The molecule has 2 fully saturated rings. The molecular weight excluding hydrogens is 388 g/mol. The van der Waals surface area contributed by atoms with Crippen LogP contribution in [-0.2, 0) is 0 Å². The van der Waals surface area contributed by atoms with Crippen LogP contribution in [0.25, 0.3) is 10.8 Å². The molecule has 31 heavy (non-hydrogen) atoms. The minimum atomic E-state index is -1.41. The lowest BCUT2D eigenvalue weighted by Gasteiger charge is -2.49. The van der Waals surface area contributed by atoms with Gasteiger partial charge in [0.05, 0.1) is 12.0 Å². The van der Waals surface area contributed by atoms with Gasteiger partial charge in [-0.15, -0.1) is 0 Å². The number of rotatable bonds is 5. The molecule has 166 valence electrons. The molecule has 1 nitrogen and oxygen atoms in total. The first kappa shape index (κ1) is 22.3. The van der Waals surface area contributed by atoms with E-state index in [-0.39, 0.29) is 18.3 Å². The largest absolute Gasteiger partial charge is 0.246 e. The van der Waals surface area contributed by atoms with Gasteiger partial charge in [0.15, 0.2) is 0 Å². The van der Waals surface area contributed by atoms with Crippen molar-refractivity contribution < 1.29 is 8.78 Å². The summed E-state index contributed by atoms with van der Waals surface area (Å²) in [7, 11) is 0. The van der Waals surface area contributed by atoms with Crippen molar-refractivity contribution in [1.82, 2.24) is 0 Å². The fourth-order valence-corrected chi connectivity index (χ4v) is 6.86. The summed E-state index contributed by atoms with van der Waals surface area (Å²) in [5.41, 5.74) is -0.458. The van der Waals surface area contributed by atoms with Crippen molar-refractivity contribution >= 4 is 10.8 Å². The Balaban J connectivity index is 1.80. The van der Waals surface area contributed by atoms with E-state index in [1.54, 1.807) is 6.92 Å². The summed E-state index contributed by atoms with van der Waals surface area (Å²) in [6, 6.07) is 16.3. The normalized spacial score (nSPS) is 33.5. The van der Waals surface area contributed by atoms with Crippen molar-refractivity contribution in [3.8, 4) is 6.07 Å². The lowest BCUT2D eigenvalue weighted by molar-refractivity contribution is -0.0545. The van der Waals surface area contributed by atoms with Crippen LogP contribution < -0.4 is 0 Å². The summed E-state index contributed by atoms with van der Waals surface area (Å²) in [5.74, 6) is -1.16. The van der Waals surface area contributed by atoms with Crippen molar-refractivity contribution in [2.24, 2.45) is 23.7 Å². The van der Waals surface area contributed by atoms with E-state index in [0.29, 0.717) is 12.3 Å². The topological polar surface area (TPSA) is 23.8 Å². The van der Waals surface area contributed by atoms with E-state index in [1.807, 2.05) is 42.5 Å². The average molecular weight is 424 g/mol. The Morgan fingerprint density at radius 2 is 1.74 bits per heavy atom. The van der Waals surface area contributed by atoms with E-state index < -0.39 is 23.7 Å². The molecule has 7 atom stereocenters. The van der Waals surface area contributed by atoms with Crippen molar-refractivity contribution in [2.75, 3.05) is 0 Å². The SMILES string of the molecule is CCCC1CCCCC1C(C)(F)C1CCC(F)C(C#N)C1c1cccc2ccccc12. The molecule has 4 rings (SSSR count). The van der Waals surface area contributed by atoms with Gasteiger partial charge in [0.25, 0.3) is 0 Å². The molecule has 2 aliphatic carbocycles. The van der Waals surface area contributed by atoms with Crippen LogP contribution in [0, 0.1) is 35.0 Å². The van der Waals surface area contributed by atoms with E-state index in [1.165, 1.54) is 6.42 Å². The summed E-state index contributed by atoms with van der Waals surface area (Å²) in [5, 5.41) is 12.1. The molecule has 2 aromatic carbocycles. The van der Waals surface area contributed by atoms with Crippen LogP contribution in [0.15, 0.2) is 42.5 Å². The fourth-order valence-electron chi connectivity index (χ4n) is 6.86. The van der Waals surface area contributed by atoms with Crippen LogP contribution in [0.3, 0.4) is 0 Å². The highest BCUT2D eigenvalue weighted by Gasteiger charge is 2.53. The number of nitrogens with zero attached hydrogens (tertiary/aromatic N) is 1. The van der Waals surface area contributed by atoms with Crippen molar-refractivity contribution in [3.63, 3.8) is 0 Å². The Hall–Kier alpha value is -1.95. The van der Waals surface area contributed by atoms with Gasteiger partial charge in [-0.1, -0.05) is 81.5 Å². The first-order valence-corrected chi connectivity index (χ1v) is 12.2. The van der Waals surface area contributed by atoms with Gasteiger partial charge in [-0.3, -0.25) is 0 Å². The predicted octanol–water partition coefficient (Wildman–Crippen LogP) is 8.15. The molecule has 0 heterocycles. The minimum Gasteiger partial charge on any atom is -0.246 e. The number of alkyl halides is 2.